The first-order chi connectivity index (χ1) is 10.1. The number of carbonyl (C=O) groups is 1. The third kappa shape index (κ3) is 4.95. The van der Waals surface area contributed by atoms with Gasteiger partial charge in [-0.1, -0.05) is 25.4 Å². The lowest BCUT2D eigenvalue weighted by Crippen LogP contribution is -2.50. The summed E-state index contributed by atoms with van der Waals surface area (Å²) in [6.45, 7) is 11.1. The Kier molecular flexibility index (Phi) is 6.48. The highest BCUT2D eigenvalue weighted by Gasteiger charge is 2.22. The van der Waals surface area contributed by atoms with Crippen LogP contribution in [0.25, 0.3) is 0 Å². The summed E-state index contributed by atoms with van der Waals surface area (Å²) in [4.78, 5) is 20.1. The molecule has 1 amide bonds. The molecule has 1 aromatic rings. The van der Waals surface area contributed by atoms with E-state index in [1.54, 1.807) is 11.3 Å². The van der Waals surface area contributed by atoms with Gasteiger partial charge >= 0.3 is 0 Å². The third-order valence-electron chi connectivity index (χ3n) is 3.99. The van der Waals surface area contributed by atoms with Crippen molar-refractivity contribution in [2.45, 2.75) is 20.4 Å². The van der Waals surface area contributed by atoms with Gasteiger partial charge in [0, 0.05) is 37.6 Å². The van der Waals surface area contributed by atoms with Gasteiger partial charge in [0.15, 0.2) is 0 Å². The van der Waals surface area contributed by atoms with Gasteiger partial charge in [0.25, 0.3) is 0 Å². The molecule has 1 saturated heterocycles. The van der Waals surface area contributed by atoms with Crippen LogP contribution in [0.3, 0.4) is 0 Å². The minimum atomic E-state index is 0.262. The summed E-state index contributed by atoms with van der Waals surface area (Å²) >= 11 is 7.60. The van der Waals surface area contributed by atoms with Gasteiger partial charge < -0.3 is 4.90 Å². The van der Waals surface area contributed by atoms with E-state index in [4.69, 9.17) is 11.6 Å². The fraction of sp³-hybridized carbons (Fsp3) is 0.667. The predicted molar refractivity (Wildman–Crippen MR) is 89.0 cm³/mol. The highest BCUT2D eigenvalue weighted by Crippen LogP contribution is 2.23. The molecule has 2 heterocycles. The number of likely N-dealkylation sites (N-methyl/N-ethyl adjacent to an activating group) is 1. The van der Waals surface area contributed by atoms with Gasteiger partial charge in [-0.3, -0.25) is 14.6 Å². The first kappa shape index (κ1) is 16.7. The van der Waals surface area contributed by atoms with Crippen molar-refractivity contribution in [3.8, 4) is 0 Å². The van der Waals surface area contributed by atoms with Crippen molar-refractivity contribution in [2.24, 2.45) is 0 Å². The van der Waals surface area contributed by atoms with Crippen molar-refractivity contribution < 1.29 is 4.79 Å². The van der Waals surface area contributed by atoms with Gasteiger partial charge in [0.1, 0.15) is 0 Å². The quantitative estimate of drug-likeness (QED) is 0.801. The molecule has 2 rings (SSSR count). The van der Waals surface area contributed by atoms with E-state index in [0.717, 1.165) is 50.1 Å². The van der Waals surface area contributed by atoms with Gasteiger partial charge in [0.2, 0.25) is 5.91 Å². The highest BCUT2D eigenvalue weighted by molar-refractivity contribution is 7.16. The summed E-state index contributed by atoms with van der Waals surface area (Å²) in [6, 6.07) is 4.04. The van der Waals surface area contributed by atoms with E-state index in [-0.39, 0.29) is 5.91 Å². The molecular formula is C15H24ClN3OS. The van der Waals surface area contributed by atoms with E-state index in [0.29, 0.717) is 6.54 Å². The Bertz CT molecular complexity index is 454. The minimum Gasteiger partial charge on any atom is -0.339 e. The maximum absolute atomic E-state index is 12.2. The molecule has 1 aliphatic rings. The second-order valence-electron chi connectivity index (χ2n) is 5.32. The smallest absolute Gasteiger partial charge is 0.236 e. The van der Waals surface area contributed by atoms with E-state index < -0.39 is 0 Å². The number of rotatable bonds is 6. The zero-order chi connectivity index (χ0) is 15.2. The van der Waals surface area contributed by atoms with E-state index >= 15 is 0 Å². The number of halogens is 1. The van der Waals surface area contributed by atoms with Gasteiger partial charge in [0.05, 0.1) is 10.9 Å². The average Bonchev–Trinajstić information content (AvgIpc) is 2.90. The van der Waals surface area contributed by atoms with Crippen molar-refractivity contribution in [3.63, 3.8) is 0 Å². The number of piperazine rings is 1. The molecule has 4 nitrogen and oxygen atoms in total. The Balaban J connectivity index is 1.76. The number of thiophene rings is 1. The molecule has 21 heavy (non-hydrogen) atoms. The number of amides is 1. The van der Waals surface area contributed by atoms with E-state index in [1.807, 2.05) is 11.0 Å². The molecule has 0 unspecified atom stereocenters. The van der Waals surface area contributed by atoms with Crippen LogP contribution in [-0.4, -0.2) is 66.4 Å². The molecule has 0 aromatic carbocycles. The lowest BCUT2D eigenvalue weighted by Gasteiger charge is -2.35. The van der Waals surface area contributed by atoms with Crippen molar-refractivity contribution in [3.05, 3.63) is 21.3 Å². The van der Waals surface area contributed by atoms with Crippen LogP contribution in [0.4, 0.5) is 0 Å². The summed E-state index contributed by atoms with van der Waals surface area (Å²) in [5, 5.41) is 0. The van der Waals surface area contributed by atoms with Crippen LogP contribution in [0.1, 0.15) is 18.7 Å². The number of hydrogen-bond donors (Lipinski definition) is 0. The number of hydrogen-bond acceptors (Lipinski definition) is 4. The van der Waals surface area contributed by atoms with Crippen molar-refractivity contribution in [2.75, 3.05) is 45.8 Å². The maximum atomic E-state index is 12.2. The van der Waals surface area contributed by atoms with Crippen LogP contribution in [0.15, 0.2) is 12.1 Å². The van der Waals surface area contributed by atoms with Crippen LogP contribution >= 0.6 is 22.9 Å². The van der Waals surface area contributed by atoms with Crippen LogP contribution in [-0.2, 0) is 11.3 Å². The molecule has 0 radical (unpaired) electrons. The molecule has 6 heteroatoms. The lowest BCUT2D eigenvalue weighted by molar-refractivity contribution is -0.134. The molecule has 0 N–H and O–H groups in total. The van der Waals surface area contributed by atoms with Gasteiger partial charge in [-0.15, -0.1) is 11.3 Å². The molecule has 0 atom stereocenters. The lowest BCUT2D eigenvalue weighted by atomic mass is 10.3. The standard InChI is InChI=1S/C15H24ClN3OS/c1-3-17(4-2)12-15(20)19-9-7-18(8-10-19)11-13-5-6-14(16)21-13/h5-6H,3-4,7-12H2,1-2H3. The van der Waals surface area contributed by atoms with Crippen molar-refractivity contribution in [1.29, 1.82) is 0 Å². The Morgan fingerprint density at radius 1 is 1.24 bits per heavy atom. The summed E-state index contributed by atoms with van der Waals surface area (Å²) in [6.07, 6.45) is 0. The fourth-order valence-electron chi connectivity index (χ4n) is 2.55. The first-order valence-corrected chi connectivity index (χ1v) is 8.78. The molecule has 0 saturated carbocycles. The fourth-order valence-corrected chi connectivity index (χ4v) is 3.68. The second-order valence-corrected chi connectivity index (χ2v) is 7.12. The summed E-state index contributed by atoms with van der Waals surface area (Å²) in [5.41, 5.74) is 0. The molecule has 0 spiro atoms. The second kappa shape index (κ2) is 8.13. The predicted octanol–water partition coefficient (Wildman–Crippen LogP) is 2.39. The van der Waals surface area contributed by atoms with Gasteiger partial charge in [-0.25, -0.2) is 0 Å². The average molecular weight is 330 g/mol. The topological polar surface area (TPSA) is 26.8 Å². The molecule has 1 fully saturated rings. The SMILES string of the molecule is CCN(CC)CC(=O)N1CCN(Cc2ccc(Cl)s2)CC1. The monoisotopic (exact) mass is 329 g/mol. The van der Waals surface area contributed by atoms with Crippen LogP contribution in [0.5, 0.6) is 0 Å². The maximum Gasteiger partial charge on any atom is 0.236 e. The minimum absolute atomic E-state index is 0.262. The van der Waals surface area contributed by atoms with Crippen molar-refractivity contribution >= 4 is 28.8 Å². The number of carbonyl (C=O) groups excluding carboxylic acids is 1. The summed E-state index contributed by atoms with van der Waals surface area (Å²) in [7, 11) is 0. The van der Waals surface area contributed by atoms with Crippen LogP contribution < -0.4 is 0 Å². The van der Waals surface area contributed by atoms with Crippen molar-refractivity contribution in [1.82, 2.24) is 14.7 Å². The molecular weight excluding hydrogens is 306 g/mol. The highest BCUT2D eigenvalue weighted by atomic mass is 35.5. The molecule has 0 bridgehead atoms. The molecule has 118 valence electrons. The summed E-state index contributed by atoms with van der Waals surface area (Å²) in [5.74, 6) is 0.262. The van der Waals surface area contributed by atoms with E-state index in [9.17, 15) is 4.79 Å². The normalized spacial score (nSPS) is 16.7. The molecule has 1 aromatic heterocycles. The zero-order valence-electron chi connectivity index (χ0n) is 12.8. The third-order valence-corrected chi connectivity index (χ3v) is 5.20. The Morgan fingerprint density at radius 3 is 2.43 bits per heavy atom. The molecule has 1 aliphatic heterocycles. The summed E-state index contributed by atoms with van der Waals surface area (Å²) < 4.78 is 0.845. The van der Waals surface area contributed by atoms with E-state index in [2.05, 4.69) is 29.7 Å². The zero-order valence-corrected chi connectivity index (χ0v) is 14.4. The van der Waals surface area contributed by atoms with Crippen LogP contribution in [0.2, 0.25) is 4.34 Å². The van der Waals surface area contributed by atoms with Gasteiger partial charge in [-0.2, -0.15) is 0 Å². The largest absolute Gasteiger partial charge is 0.339 e. The Labute approximate surface area is 136 Å². The first-order valence-electron chi connectivity index (χ1n) is 7.59. The van der Waals surface area contributed by atoms with E-state index in [1.165, 1.54) is 4.88 Å². The Morgan fingerprint density at radius 2 is 1.90 bits per heavy atom. The van der Waals surface area contributed by atoms with Crippen LogP contribution in [0, 0.1) is 0 Å². The Hall–Kier alpha value is -0.620. The molecule has 0 aliphatic carbocycles. The number of nitrogens with zero attached hydrogens (tertiary/aromatic N) is 3. The van der Waals surface area contributed by atoms with Gasteiger partial charge in [-0.05, 0) is 25.2 Å².